The highest BCUT2D eigenvalue weighted by Crippen LogP contribution is 2.25. The predicted octanol–water partition coefficient (Wildman–Crippen LogP) is -5.24. The normalized spacial score (nSPS) is 24.2. The zero-order valence-electron chi connectivity index (χ0n) is 54.7. The molecule has 522 valence electrons. The van der Waals surface area contributed by atoms with Crippen LogP contribution in [0.4, 0.5) is 0 Å². The van der Waals surface area contributed by atoms with Gasteiger partial charge in [-0.05, 0) is 73.5 Å². The summed E-state index contributed by atoms with van der Waals surface area (Å²) < 4.78 is 5.96. The van der Waals surface area contributed by atoms with Crippen LogP contribution >= 0.6 is 0 Å². The van der Waals surface area contributed by atoms with Gasteiger partial charge in [-0.25, -0.2) is 4.79 Å². The van der Waals surface area contributed by atoms with Crippen molar-refractivity contribution in [1.82, 2.24) is 63.5 Å². The molecular weight excluding hydrogens is 1230 g/mol. The summed E-state index contributed by atoms with van der Waals surface area (Å²) in [4.78, 5) is 175. The number of pyridine rings is 1. The Balaban J connectivity index is 2.44. The minimum Gasteiger partial charge on any atom is -0.453 e. The van der Waals surface area contributed by atoms with Gasteiger partial charge in [-0.3, -0.25) is 63.1 Å². The molecule has 3 rings (SSSR count). The van der Waals surface area contributed by atoms with E-state index >= 15 is 9.59 Å². The topological polar surface area (TPSA) is 542 Å². The number of aliphatic hydroxyl groups excluding tert-OH is 4. The first kappa shape index (κ1) is 79.3. The number of primary amides is 1. The maximum absolute atomic E-state index is 15.5. The zero-order valence-corrected chi connectivity index (χ0v) is 54.7. The van der Waals surface area contributed by atoms with E-state index in [0.717, 1.165) is 6.92 Å². The van der Waals surface area contributed by atoms with E-state index in [1.165, 1.54) is 56.4 Å². The zero-order chi connectivity index (χ0) is 70.9. The number of aliphatic hydroxyl groups is 4. The second-order valence-corrected chi connectivity index (χ2v) is 25.1. The van der Waals surface area contributed by atoms with E-state index in [0.29, 0.717) is 0 Å². The van der Waals surface area contributed by atoms with Crippen LogP contribution < -0.4 is 75.7 Å². The molecular formula is C61H96N16O17. The molecule has 1 aromatic carbocycles. The molecule has 33 nitrogen and oxygen atoms in total. The Morgan fingerprint density at radius 1 is 0.713 bits per heavy atom. The van der Waals surface area contributed by atoms with E-state index in [1.54, 1.807) is 39.8 Å². The van der Waals surface area contributed by atoms with Crippen molar-refractivity contribution in [2.45, 2.75) is 193 Å². The predicted molar refractivity (Wildman–Crippen MR) is 339 cm³/mol. The molecule has 1 fully saturated rings. The summed E-state index contributed by atoms with van der Waals surface area (Å²) in [7, 11) is 0. The molecule has 1 aromatic heterocycles. The van der Waals surface area contributed by atoms with Gasteiger partial charge in [0.2, 0.25) is 65.0 Å². The summed E-state index contributed by atoms with van der Waals surface area (Å²) in [5, 5.41) is 78.5. The molecule has 1 unspecified atom stereocenters. The molecule has 22 N–H and O–H groups in total. The van der Waals surface area contributed by atoms with Crippen LogP contribution in [0.25, 0.3) is 0 Å². The number of hydrogen-bond donors (Lipinski definition) is 19. The Morgan fingerprint density at radius 3 is 1.84 bits per heavy atom. The third-order valence-corrected chi connectivity index (χ3v) is 15.0. The molecule has 11 amide bonds. The van der Waals surface area contributed by atoms with Crippen molar-refractivity contribution >= 4 is 76.9 Å². The summed E-state index contributed by atoms with van der Waals surface area (Å²) in [6.07, 6.45) is -7.12. The molecule has 1 aliphatic heterocycles. The fourth-order valence-corrected chi connectivity index (χ4v) is 9.65. The fraction of sp³-hybridized carbons (Fsp3) is 0.607. The standard InChI is InChI=1S/C61H96N16O17/c1-11-31(6)41-55(89)75-42(32(7)79)54(88)68-27-40(80)73-44(47(82)49(63)83)57(91)72-39(28-78)59(93)94-48(33-18-13-12-14-19-33)45(77-53(87)38(25-34-20-15-16-22-66-34)70-50(84)35(62)26-61(8,9)10)58(92)76-43(46(81)30(4)5)56(90)71-37(24-29(2)3)52(86)69-36(51(85)74-41)21-17-23-67-60(64)65/h12-16,18-20,22,29-32,35-39,41-48,78-79,81-82H,11,17,21,23-28,62H2,1-10H3,(H2,63,83)(H,68,88)(H,69,86)(H,70,84)(H,71,90)(H,72,91)(H,73,80)(H,74,85)(H,75,89)(H,76,92)(H,77,87)(H4,64,65,67)/t31-,32-,35+,36+,37-,38-,39-,41?,42-,43-,44-,45-,46+,47-,48+/m0/s1. The monoisotopic (exact) mass is 1320 g/mol. The van der Waals surface area contributed by atoms with Crippen molar-refractivity contribution in [3.8, 4) is 0 Å². The number of cyclic esters (lactones) is 1. The molecule has 1 saturated heterocycles. The average Bonchev–Trinajstić information content (AvgIpc) is 0.965. The number of amides is 11. The number of nitrogens with two attached hydrogens (primary N) is 3. The lowest BCUT2D eigenvalue weighted by Crippen LogP contribution is -2.64. The van der Waals surface area contributed by atoms with E-state index in [1.807, 2.05) is 31.4 Å². The Bertz CT molecular complexity index is 2940. The Labute approximate surface area is 545 Å². The summed E-state index contributed by atoms with van der Waals surface area (Å²) in [5.74, 6) is -17.3. The molecule has 33 heteroatoms. The molecule has 0 saturated carbocycles. The SMILES string of the molecule is CC[C@H](C)C1NC(=O)[C@@H](CCCNC(=N)N)NC(=O)[C@H](CC(C)C)NC(=O)[C@H]([C@H](O)C(C)C)NC(=O)[C@@H](NC(=O)[C@H](Cc2ccccn2)NC(=O)[C@H](N)CC(C)(C)C)[C@@H](c2ccccc2)OC(=O)[C@H](CO)NC(=O)[C@H]([C@H](O)C(N)=O)NC(=O)CNC(=O)[C@H]([C@H](C)O)NC1=O. The Hall–Kier alpha value is -8.92. The van der Waals surface area contributed by atoms with Crippen LogP contribution in [-0.2, 0) is 68.7 Å². The van der Waals surface area contributed by atoms with Gasteiger partial charge in [0.25, 0.3) is 0 Å². The van der Waals surface area contributed by atoms with Gasteiger partial charge in [-0.1, -0.05) is 105 Å². The lowest BCUT2D eigenvalue weighted by Gasteiger charge is -2.33. The number of carbonyl (C=O) groups excluding carboxylic acids is 12. The third-order valence-electron chi connectivity index (χ3n) is 15.0. The minimum absolute atomic E-state index is 0.00655. The van der Waals surface area contributed by atoms with E-state index in [4.69, 9.17) is 27.3 Å². The van der Waals surface area contributed by atoms with Gasteiger partial charge in [0.15, 0.2) is 24.2 Å². The number of esters is 1. The molecule has 2 heterocycles. The van der Waals surface area contributed by atoms with E-state index in [2.05, 4.69) is 52.8 Å². The smallest absolute Gasteiger partial charge is 0.331 e. The summed E-state index contributed by atoms with van der Waals surface area (Å²) in [5.41, 5.74) is 16.9. The van der Waals surface area contributed by atoms with Gasteiger partial charge in [-0.15, -0.1) is 0 Å². The molecule has 94 heavy (non-hydrogen) atoms. The van der Waals surface area contributed by atoms with Crippen molar-refractivity contribution < 1.29 is 82.7 Å². The van der Waals surface area contributed by atoms with Crippen molar-refractivity contribution in [2.75, 3.05) is 19.7 Å². The maximum Gasteiger partial charge on any atom is 0.331 e. The first-order valence-electron chi connectivity index (χ1n) is 30.9. The number of aromatic nitrogens is 1. The minimum atomic E-state index is -2.59. The van der Waals surface area contributed by atoms with Crippen molar-refractivity contribution in [1.29, 1.82) is 5.41 Å². The quantitative estimate of drug-likeness (QED) is 0.0227. The van der Waals surface area contributed by atoms with Crippen LogP contribution in [0, 0.1) is 28.6 Å². The van der Waals surface area contributed by atoms with E-state index in [-0.39, 0.29) is 56.3 Å². The first-order valence-corrected chi connectivity index (χ1v) is 30.9. The van der Waals surface area contributed by atoms with Crippen LogP contribution in [0.3, 0.4) is 0 Å². The van der Waals surface area contributed by atoms with Crippen LogP contribution in [0.2, 0.25) is 0 Å². The van der Waals surface area contributed by atoms with Crippen molar-refractivity contribution in [3.05, 3.63) is 66.0 Å². The molecule has 0 aliphatic carbocycles. The number of guanidine groups is 1. The van der Waals surface area contributed by atoms with Crippen LogP contribution in [-0.4, -0.2) is 201 Å². The lowest BCUT2D eigenvalue weighted by atomic mass is 9.88. The molecule has 0 spiro atoms. The number of carbonyl (C=O) groups is 12. The number of hydrogen-bond acceptors (Lipinski definition) is 20. The number of nitrogens with one attached hydrogen (secondary N) is 12. The highest BCUT2D eigenvalue weighted by atomic mass is 16.5. The Kier molecular flexibility index (Phi) is 31.8. The second kappa shape index (κ2) is 37.7. The van der Waals surface area contributed by atoms with E-state index < -0.39 is 198 Å². The summed E-state index contributed by atoms with van der Waals surface area (Å²) in [6, 6.07) is -6.56. The van der Waals surface area contributed by atoms with Crippen molar-refractivity contribution in [3.63, 3.8) is 0 Å². The van der Waals surface area contributed by atoms with Gasteiger partial charge < -0.3 is 101 Å². The molecule has 15 atom stereocenters. The van der Waals surface area contributed by atoms with Crippen LogP contribution in [0.1, 0.15) is 119 Å². The molecule has 1 aliphatic rings. The van der Waals surface area contributed by atoms with Gasteiger partial charge in [0.05, 0.1) is 31.4 Å². The maximum atomic E-state index is 15.5. The van der Waals surface area contributed by atoms with Crippen LogP contribution in [0.15, 0.2) is 54.7 Å². The van der Waals surface area contributed by atoms with Gasteiger partial charge in [0, 0.05) is 24.9 Å². The van der Waals surface area contributed by atoms with Gasteiger partial charge in [-0.2, -0.15) is 0 Å². The van der Waals surface area contributed by atoms with Gasteiger partial charge in [0.1, 0.15) is 48.3 Å². The Morgan fingerprint density at radius 2 is 1.29 bits per heavy atom. The number of nitrogens with zero attached hydrogens (tertiary/aromatic N) is 1. The molecule has 0 radical (unpaired) electrons. The highest BCUT2D eigenvalue weighted by Gasteiger charge is 2.44. The first-order chi connectivity index (χ1) is 44.0. The number of ether oxygens (including phenoxy) is 1. The number of benzene rings is 1. The third kappa shape index (κ3) is 25.5. The fourth-order valence-electron chi connectivity index (χ4n) is 9.65. The van der Waals surface area contributed by atoms with Crippen molar-refractivity contribution in [2.24, 2.45) is 40.4 Å². The second-order valence-electron chi connectivity index (χ2n) is 25.1. The molecule has 2 aromatic rings. The van der Waals surface area contributed by atoms with Crippen LogP contribution in [0.5, 0.6) is 0 Å². The summed E-state index contributed by atoms with van der Waals surface area (Å²) in [6.45, 7) is 13.7. The largest absolute Gasteiger partial charge is 0.453 e. The average molecular weight is 1330 g/mol. The summed E-state index contributed by atoms with van der Waals surface area (Å²) >= 11 is 0. The number of rotatable bonds is 22. The highest BCUT2D eigenvalue weighted by molar-refractivity contribution is 6.00. The molecule has 0 bridgehead atoms. The van der Waals surface area contributed by atoms with E-state index in [9.17, 15) is 68.4 Å². The van der Waals surface area contributed by atoms with Gasteiger partial charge >= 0.3 is 5.97 Å². The lowest BCUT2D eigenvalue weighted by molar-refractivity contribution is -0.159.